The van der Waals surface area contributed by atoms with Crippen LogP contribution < -0.4 is 5.32 Å². The third kappa shape index (κ3) is 7.58. The van der Waals surface area contributed by atoms with Gasteiger partial charge in [-0.15, -0.1) is 11.8 Å². The van der Waals surface area contributed by atoms with E-state index in [-0.39, 0.29) is 0 Å². The molecule has 2 fully saturated rings. The van der Waals surface area contributed by atoms with Crippen molar-refractivity contribution in [3.8, 4) is 0 Å². The SMILES string of the molecule is CC(CC1NCCC2(c3ccccc3)CCCC12)Sc1ccccc1.O=C(O)CC(O)(CC(=O)O)C(=O)O. The molecule has 8 nitrogen and oxygen atoms in total. The number of fused-ring (bicyclic) bond motifs is 1. The monoisotopic (exact) mass is 543 g/mol. The molecule has 0 aromatic heterocycles. The van der Waals surface area contributed by atoms with E-state index in [1.165, 1.54) is 43.5 Å². The molecule has 9 heteroatoms. The fourth-order valence-electron chi connectivity index (χ4n) is 5.99. The van der Waals surface area contributed by atoms with E-state index in [0.29, 0.717) is 16.7 Å². The average molecular weight is 544 g/mol. The van der Waals surface area contributed by atoms with E-state index in [1.807, 2.05) is 11.8 Å². The molecule has 1 aliphatic carbocycles. The van der Waals surface area contributed by atoms with Crippen molar-refractivity contribution in [1.82, 2.24) is 5.32 Å². The zero-order valence-corrected chi connectivity index (χ0v) is 22.4. The van der Waals surface area contributed by atoms with Crippen LogP contribution in [0.2, 0.25) is 0 Å². The van der Waals surface area contributed by atoms with Crippen molar-refractivity contribution in [3.05, 3.63) is 66.2 Å². The molecule has 2 aliphatic rings. The van der Waals surface area contributed by atoms with Crippen molar-refractivity contribution in [1.29, 1.82) is 0 Å². The van der Waals surface area contributed by atoms with Crippen LogP contribution in [0, 0.1) is 5.92 Å². The number of aliphatic hydroxyl groups is 1. The summed E-state index contributed by atoms with van der Waals surface area (Å²) in [4.78, 5) is 31.9. The maximum absolute atomic E-state index is 10.3. The first-order valence-corrected chi connectivity index (χ1v) is 13.8. The highest BCUT2D eigenvalue weighted by Gasteiger charge is 2.49. The van der Waals surface area contributed by atoms with Gasteiger partial charge in [0.1, 0.15) is 0 Å². The summed E-state index contributed by atoms with van der Waals surface area (Å²) < 4.78 is 0. The molecule has 0 amide bonds. The summed E-state index contributed by atoms with van der Waals surface area (Å²) in [5.41, 5.74) is -0.723. The summed E-state index contributed by atoms with van der Waals surface area (Å²) in [6.45, 7) is 3.56. The molecule has 4 rings (SSSR count). The molecule has 2 aromatic carbocycles. The molecular formula is C29H37NO7S. The first-order chi connectivity index (χ1) is 18.1. The lowest BCUT2D eigenvalue weighted by Gasteiger charge is -2.46. The maximum atomic E-state index is 10.3. The van der Waals surface area contributed by atoms with E-state index < -0.39 is 36.4 Å². The van der Waals surface area contributed by atoms with E-state index in [2.05, 4.69) is 72.9 Å². The number of hydrogen-bond acceptors (Lipinski definition) is 6. The Kier molecular flexibility index (Phi) is 10.4. The van der Waals surface area contributed by atoms with Gasteiger partial charge < -0.3 is 25.7 Å². The summed E-state index contributed by atoms with van der Waals surface area (Å²) in [5, 5.41) is 38.3. The van der Waals surface area contributed by atoms with Gasteiger partial charge in [-0.3, -0.25) is 9.59 Å². The van der Waals surface area contributed by atoms with Crippen LogP contribution in [0.4, 0.5) is 0 Å². The zero-order valence-electron chi connectivity index (χ0n) is 21.6. The smallest absolute Gasteiger partial charge is 0.336 e. The molecule has 1 saturated heterocycles. The number of aliphatic carboxylic acids is 3. The molecule has 0 spiro atoms. The third-order valence-electron chi connectivity index (χ3n) is 7.61. The Balaban J connectivity index is 0.000000263. The second-order valence-corrected chi connectivity index (χ2v) is 11.8. The van der Waals surface area contributed by atoms with Gasteiger partial charge in [-0.25, -0.2) is 4.79 Å². The van der Waals surface area contributed by atoms with Crippen molar-refractivity contribution >= 4 is 29.7 Å². The van der Waals surface area contributed by atoms with Gasteiger partial charge in [-0.1, -0.05) is 61.9 Å². The van der Waals surface area contributed by atoms with E-state index in [4.69, 9.17) is 20.4 Å². The minimum Gasteiger partial charge on any atom is -0.481 e. The van der Waals surface area contributed by atoms with Crippen molar-refractivity contribution in [2.24, 2.45) is 5.92 Å². The van der Waals surface area contributed by atoms with Gasteiger partial charge in [0.2, 0.25) is 0 Å². The van der Waals surface area contributed by atoms with Gasteiger partial charge in [0.05, 0.1) is 12.8 Å². The second kappa shape index (κ2) is 13.3. The van der Waals surface area contributed by atoms with Crippen LogP contribution in [0.25, 0.3) is 0 Å². The van der Waals surface area contributed by atoms with Crippen LogP contribution in [-0.2, 0) is 19.8 Å². The molecule has 1 aliphatic heterocycles. The second-order valence-electron chi connectivity index (χ2n) is 10.3. The molecule has 0 radical (unpaired) electrons. The van der Waals surface area contributed by atoms with E-state index >= 15 is 0 Å². The molecule has 1 heterocycles. The van der Waals surface area contributed by atoms with Crippen molar-refractivity contribution in [2.75, 3.05) is 6.54 Å². The average Bonchev–Trinajstić information content (AvgIpc) is 3.31. The number of nitrogens with one attached hydrogen (secondary N) is 1. The van der Waals surface area contributed by atoms with Crippen LogP contribution in [0.15, 0.2) is 65.6 Å². The molecule has 5 N–H and O–H groups in total. The molecule has 2 aromatic rings. The van der Waals surface area contributed by atoms with Crippen molar-refractivity contribution in [3.63, 3.8) is 0 Å². The summed E-state index contributed by atoms with van der Waals surface area (Å²) in [6, 6.07) is 22.9. The van der Waals surface area contributed by atoms with Crippen LogP contribution >= 0.6 is 11.8 Å². The van der Waals surface area contributed by atoms with Crippen molar-refractivity contribution < 1.29 is 34.8 Å². The van der Waals surface area contributed by atoms with Gasteiger partial charge in [-0.05, 0) is 55.8 Å². The van der Waals surface area contributed by atoms with Gasteiger partial charge in [0, 0.05) is 21.6 Å². The lowest BCUT2D eigenvalue weighted by Crippen LogP contribution is -2.52. The Hall–Kier alpha value is -2.88. The number of benzene rings is 2. The van der Waals surface area contributed by atoms with Gasteiger partial charge in [0.25, 0.3) is 0 Å². The van der Waals surface area contributed by atoms with Crippen LogP contribution in [-0.4, -0.2) is 61.8 Å². The Bertz CT molecular complexity index is 1060. The third-order valence-corrected chi connectivity index (χ3v) is 8.75. The summed E-state index contributed by atoms with van der Waals surface area (Å²) in [7, 11) is 0. The minimum atomic E-state index is -2.74. The normalized spacial score (nSPS) is 23.4. The molecule has 1 saturated carbocycles. The summed E-state index contributed by atoms with van der Waals surface area (Å²) >= 11 is 2.03. The number of hydrogen-bond donors (Lipinski definition) is 5. The molecular weight excluding hydrogens is 506 g/mol. The Morgan fingerprint density at radius 1 is 0.974 bits per heavy atom. The fraction of sp³-hybridized carbons (Fsp3) is 0.483. The van der Waals surface area contributed by atoms with E-state index in [9.17, 15) is 14.4 Å². The molecule has 4 unspecified atom stereocenters. The number of thioether (sulfide) groups is 1. The Morgan fingerprint density at radius 3 is 2.11 bits per heavy atom. The predicted octanol–water partition coefficient (Wildman–Crippen LogP) is 4.41. The highest BCUT2D eigenvalue weighted by Crippen LogP contribution is 2.52. The first-order valence-electron chi connectivity index (χ1n) is 13.0. The summed E-state index contributed by atoms with van der Waals surface area (Å²) in [6.07, 6.45) is 4.42. The number of rotatable bonds is 10. The molecule has 206 valence electrons. The standard InChI is InChI=1S/C23H29NS.C6H8O7/c1-18(25-20-11-6-3-7-12-20)17-22-21-13-8-14-23(21,15-16-24-22)19-9-4-2-5-10-19;7-3(8)1-6(13,5(11)12)2-4(9)10/h2-7,9-12,18,21-22,24H,8,13-17H2,1H3;13H,1-2H2,(H,7,8)(H,9,10)(H,11,12). The minimum absolute atomic E-state index is 0.425. The number of carbonyl (C=O) groups is 3. The highest BCUT2D eigenvalue weighted by atomic mass is 32.2. The van der Waals surface area contributed by atoms with Gasteiger partial charge >= 0.3 is 17.9 Å². The number of carboxylic acid groups (broad SMARTS) is 3. The Morgan fingerprint density at radius 2 is 1.55 bits per heavy atom. The molecule has 0 bridgehead atoms. The largest absolute Gasteiger partial charge is 0.481 e. The first kappa shape index (κ1) is 29.7. The highest BCUT2D eigenvalue weighted by molar-refractivity contribution is 7.99. The van der Waals surface area contributed by atoms with E-state index in [0.717, 1.165) is 5.92 Å². The quantitative estimate of drug-likeness (QED) is 0.275. The van der Waals surface area contributed by atoms with Crippen molar-refractivity contribution in [2.45, 2.75) is 79.1 Å². The van der Waals surface area contributed by atoms with Gasteiger partial charge in [-0.2, -0.15) is 0 Å². The fourth-order valence-corrected chi connectivity index (χ4v) is 7.07. The van der Waals surface area contributed by atoms with Crippen LogP contribution in [0.1, 0.15) is 57.4 Å². The molecule has 38 heavy (non-hydrogen) atoms. The lowest BCUT2D eigenvalue weighted by atomic mass is 9.65. The maximum Gasteiger partial charge on any atom is 0.336 e. The zero-order chi connectivity index (χ0) is 27.8. The predicted molar refractivity (Wildman–Crippen MR) is 145 cm³/mol. The van der Waals surface area contributed by atoms with Crippen LogP contribution in [0.5, 0.6) is 0 Å². The lowest BCUT2D eigenvalue weighted by molar-refractivity contribution is -0.170. The van der Waals surface area contributed by atoms with Gasteiger partial charge in [0.15, 0.2) is 5.60 Å². The molecule has 4 atom stereocenters. The number of piperidine rings is 1. The van der Waals surface area contributed by atoms with Crippen LogP contribution in [0.3, 0.4) is 0 Å². The number of carboxylic acids is 3. The topological polar surface area (TPSA) is 144 Å². The Labute approximate surface area is 227 Å². The summed E-state index contributed by atoms with van der Waals surface area (Å²) in [5.74, 6) is -4.22. The van der Waals surface area contributed by atoms with E-state index in [1.54, 1.807) is 5.56 Å².